The van der Waals surface area contributed by atoms with E-state index in [0.717, 1.165) is 24.9 Å². The van der Waals surface area contributed by atoms with Crippen molar-refractivity contribution in [3.63, 3.8) is 0 Å². The summed E-state index contributed by atoms with van der Waals surface area (Å²) in [6, 6.07) is 15.5. The highest BCUT2D eigenvalue weighted by molar-refractivity contribution is 7.89. The van der Waals surface area contributed by atoms with Gasteiger partial charge in [-0.15, -0.1) is 5.10 Å². The van der Waals surface area contributed by atoms with Crippen molar-refractivity contribution in [3.05, 3.63) is 66.5 Å². The molecule has 0 radical (unpaired) electrons. The summed E-state index contributed by atoms with van der Waals surface area (Å²) >= 11 is 0. The first-order valence-corrected chi connectivity index (χ1v) is 10.9. The number of carbonyl (C=O) groups is 1. The van der Waals surface area contributed by atoms with Crippen molar-refractivity contribution in [3.8, 4) is 5.69 Å². The molecule has 1 N–H and O–H groups in total. The Morgan fingerprint density at radius 1 is 0.966 bits per heavy atom. The van der Waals surface area contributed by atoms with Crippen LogP contribution < -0.4 is 5.32 Å². The second-order valence-electron chi connectivity index (χ2n) is 6.80. The van der Waals surface area contributed by atoms with Crippen LogP contribution in [0.1, 0.15) is 29.8 Å². The summed E-state index contributed by atoms with van der Waals surface area (Å²) in [6.45, 7) is 1.06. The summed E-state index contributed by atoms with van der Waals surface area (Å²) in [4.78, 5) is 14.1. The predicted octanol–water partition coefficient (Wildman–Crippen LogP) is 2.69. The van der Waals surface area contributed by atoms with Crippen molar-refractivity contribution >= 4 is 21.6 Å². The van der Waals surface area contributed by atoms with Gasteiger partial charge < -0.3 is 5.32 Å². The van der Waals surface area contributed by atoms with Crippen LogP contribution in [0.4, 0.5) is 5.69 Å². The smallest absolute Gasteiger partial charge is 0.277 e. The van der Waals surface area contributed by atoms with Crippen LogP contribution >= 0.6 is 0 Å². The number of hydrogen-bond donors (Lipinski definition) is 1. The minimum absolute atomic E-state index is 0.137. The van der Waals surface area contributed by atoms with Crippen LogP contribution in [0.3, 0.4) is 0 Å². The highest BCUT2D eigenvalue weighted by Gasteiger charge is 2.26. The van der Waals surface area contributed by atoms with Crippen LogP contribution in [0.15, 0.2) is 65.7 Å². The molecule has 0 spiro atoms. The van der Waals surface area contributed by atoms with Gasteiger partial charge in [0.2, 0.25) is 10.0 Å². The molecule has 3 aromatic rings. The third kappa shape index (κ3) is 4.20. The summed E-state index contributed by atoms with van der Waals surface area (Å²) in [5, 5.41) is 11.0. The van der Waals surface area contributed by atoms with Gasteiger partial charge in [-0.3, -0.25) is 4.79 Å². The van der Waals surface area contributed by atoms with Gasteiger partial charge in [0.05, 0.1) is 16.8 Å². The first-order chi connectivity index (χ1) is 14.0. The molecule has 2 heterocycles. The monoisotopic (exact) mass is 411 g/mol. The lowest BCUT2D eigenvalue weighted by atomic mass is 10.2. The molecule has 150 valence electrons. The second-order valence-corrected chi connectivity index (χ2v) is 8.74. The molecule has 0 saturated carbocycles. The fourth-order valence-electron chi connectivity index (χ4n) is 3.24. The van der Waals surface area contributed by atoms with E-state index >= 15 is 0 Å². The third-order valence-electron chi connectivity index (χ3n) is 4.76. The highest BCUT2D eigenvalue weighted by Crippen LogP contribution is 2.23. The zero-order chi connectivity index (χ0) is 20.3. The van der Waals surface area contributed by atoms with Crippen LogP contribution in [-0.2, 0) is 10.0 Å². The summed E-state index contributed by atoms with van der Waals surface area (Å²) in [5.74, 6) is -0.459. The van der Waals surface area contributed by atoms with Gasteiger partial charge in [-0.25, -0.2) is 8.42 Å². The molecular weight excluding hydrogens is 390 g/mol. The Labute approximate surface area is 169 Å². The molecule has 8 nitrogen and oxygen atoms in total. The SMILES string of the molecule is O=C(Nc1cccc(S(=O)(=O)N2CCCCC2)c1)c1cnn(-c2ccccc2)n1. The van der Waals surface area contributed by atoms with Gasteiger partial charge in [-0.1, -0.05) is 30.7 Å². The van der Waals surface area contributed by atoms with Gasteiger partial charge in [0.15, 0.2) is 5.69 Å². The summed E-state index contributed by atoms with van der Waals surface area (Å²) in [6.07, 6.45) is 4.15. The number of hydrogen-bond acceptors (Lipinski definition) is 5. The molecule has 1 amide bonds. The van der Waals surface area contributed by atoms with Crippen molar-refractivity contribution < 1.29 is 13.2 Å². The van der Waals surface area contributed by atoms with E-state index < -0.39 is 15.9 Å². The fourth-order valence-corrected chi connectivity index (χ4v) is 4.80. The number of amides is 1. The lowest BCUT2D eigenvalue weighted by molar-refractivity contribution is 0.102. The molecule has 2 aromatic carbocycles. The Hall–Kier alpha value is -3.04. The van der Waals surface area contributed by atoms with E-state index in [0.29, 0.717) is 18.8 Å². The van der Waals surface area contributed by atoms with Crippen molar-refractivity contribution in [2.45, 2.75) is 24.2 Å². The Morgan fingerprint density at radius 3 is 2.48 bits per heavy atom. The molecular formula is C20H21N5O3S. The largest absolute Gasteiger partial charge is 0.321 e. The molecule has 0 atom stereocenters. The van der Waals surface area contributed by atoms with Crippen LogP contribution in [0, 0.1) is 0 Å². The number of benzene rings is 2. The number of para-hydroxylation sites is 1. The molecule has 1 aromatic heterocycles. The normalized spacial score (nSPS) is 15.2. The number of anilines is 1. The molecule has 29 heavy (non-hydrogen) atoms. The van der Waals surface area contributed by atoms with E-state index in [9.17, 15) is 13.2 Å². The van der Waals surface area contributed by atoms with Gasteiger partial charge in [0.1, 0.15) is 0 Å². The summed E-state index contributed by atoms with van der Waals surface area (Å²) in [5.41, 5.74) is 1.27. The minimum atomic E-state index is -3.57. The standard InChI is InChI=1S/C20H21N5O3S/c26-20(19-15-21-25(23-19)17-9-3-1-4-10-17)22-16-8-7-11-18(14-16)29(27,28)24-12-5-2-6-13-24/h1,3-4,7-11,14-15H,2,5-6,12-13H2,(H,22,26). The number of aromatic nitrogens is 3. The lowest BCUT2D eigenvalue weighted by Gasteiger charge is -2.26. The Morgan fingerprint density at radius 2 is 1.72 bits per heavy atom. The maximum absolute atomic E-state index is 12.8. The lowest BCUT2D eigenvalue weighted by Crippen LogP contribution is -2.35. The van der Waals surface area contributed by atoms with Gasteiger partial charge in [0, 0.05) is 18.8 Å². The number of nitrogens with zero attached hydrogens (tertiary/aromatic N) is 4. The van der Waals surface area contributed by atoms with Gasteiger partial charge in [-0.05, 0) is 43.2 Å². The third-order valence-corrected chi connectivity index (χ3v) is 6.65. The van der Waals surface area contributed by atoms with E-state index in [2.05, 4.69) is 15.5 Å². The first-order valence-electron chi connectivity index (χ1n) is 9.43. The van der Waals surface area contributed by atoms with Gasteiger partial charge >= 0.3 is 0 Å². The van der Waals surface area contributed by atoms with E-state index in [1.54, 1.807) is 18.2 Å². The van der Waals surface area contributed by atoms with Crippen LogP contribution in [0.5, 0.6) is 0 Å². The van der Waals surface area contributed by atoms with Crippen LogP contribution in [-0.4, -0.2) is 46.7 Å². The second kappa shape index (κ2) is 8.14. The van der Waals surface area contributed by atoms with Gasteiger partial charge in [0.25, 0.3) is 5.91 Å². The Kier molecular flexibility index (Phi) is 5.41. The average molecular weight is 411 g/mol. The summed E-state index contributed by atoms with van der Waals surface area (Å²) in [7, 11) is -3.57. The van der Waals surface area contributed by atoms with E-state index in [-0.39, 0.29) is 10.6 Å². The quantitative estimate of drug-likeness (QED) is 0.696. The van der Waals surface area contributed by atoms with E-state index in [1.807, 2.05) is 30.3 Å². The first kappa shape index (κ1) is 19.3. The van der Waals surface area contributed by atoms with Crippen molar-refractivity contribution in [1.82, 2.24) is 19.3 Å². The van der Waals surface area contributed by atoms with Crippen molar-refractivity contribution in [2.24, 2.45) is 0 Å². The van der Waals surface area contributed by atoms with Crippen LogP contribution in [0.25, 0.3) is 5.69 Å². The Bertz CT molecular complexity index is 1110. The molecule has 1 aliphatic rings. The number of sulfonamides is 1. The maximum atomic E-state index is 12.8. The molecule has 1 fully saturated rings. The minimum Gasteiger partial charge on any atom is -0.321 e. The molecule has 0 bridgehead atoms. The predicted molar refractivity (Wildman–Crippen MR) is 108 cm³/mol. The highest BCUT2D eigenvalue weighted by atomic mass is 32.2. The fraction of sp³-hybridized carbons (Fsp3) is 0.250. The Balaban J connectivity index is 1.51. The molecule has 1 saturated heterocycles. The van der Waals surface area contributed by atoms with Crippen molar-refractivity contribution in [2.75, 3.05) is 18.4 Å². The topological polar surface area (TPSA) is 97.2 Å². The average Bonchev–Trinajstić information content (AvgIpc) is 3.26. The van der Waals surface area contributed by atoms with E-state index in [4.69, 9.17) is 0 Å². The molecule has 0 aliphatic carbocycles. The number of nitrogens with one attached hydrogen (secondary N) is 1. The number of piperidine rings is 1. The zero-order valence-electron chi connectivity index (χ0n) is 15.7. The number of carbonyl (C=O) groups excluding carboxylic acids is 1. The van der Waals surface area contributed by atoms with Crippen LogP contribution in [0.2, 0.25) is 0 Å². The van der Waals surface area contributed by atoms with E-state index in [1.165, 1.54) is 21.4 Å². The molecule has 9 heteroatoms. The molecule has 4 rings (SSSR count). The molecule has 0 unspecified atom stereocenters. The zero-order valence-corrected chi connectivity index (χ0v) is 16.5. The van der Waals surface area contributed by atoms with Gasteiger partial charge in [-0.2, -0.15) is 14.2 Å². The molecule has 1 aliphatic heterocycles. The summed E-state index contributed by atoms with van der Waals surface area (Å²) < 4.78 is 27.2. The van der Waals surface area contributed by atoms with Crippen molar-refractivity contribution in [1.29, 1.82) is 0 Å². The maximum Gasteiger partial charge on any atom is 0.277 e. The number of rotatable bonds is 5.